The van der Waals surface area contributed by atoms with E-state index in [9.17, 15) is 18.0 Å². The highest BCUT2D eigenvalue weighted by molar-refractivity contribution is 7.89. The van der Waals surface area contributed by atoms with Crippen LogP contribution in [0.15, 0.2) is 47.4 Å². The Bertz CT molecular complexity index is 1060. The number of amides is 1. The number of rotatable bonds is 5. The third-order valence-electron chi connectivity index (χ3n) is 4.81. The first-order valence-corrected chi connectivity index (χ1v) is 10.9. The van der Waals surface area contributed by atoms with Gasteiger partial charge >= 0.3 is 5.97 Å². The summed E-state index contributed by atoms with van der Waals surface area (Å²) in [6.07, 6.45) is 0. The van der Waals surface area contributed by atoms with Gasteiger partial charge in [0.2, 0.25) is 10.0 Å². The fourth-order valence-corrected chi connectivity index (χ4v) is 5.08. The maximum atomic E-state index is 13.1. The van der Waals surface area contributed by atoms with E-state index in [2.05, 4.69) is 4.74 Å². The summed E-state index contributed by atoms with van der Waals surface area (Å²) in [6, 6.07) is 10.8. The van der Waals surface area contributed by atoms with Crippen LogP contribution >= 0.6 is 11.6 Å². The van der Waals surface area contributed by atoms with Crippen LogP contribution in [0.2, 0.25) is 5.02 Å². The maximum absolute atomic E-state index is 13.1. The van der Waals surface area contributed by atoms with Gasteiger partial charge in [-0.1, -0.05) is 17.7 Å². The van der Waals surface area contributed by atoms with Crippen LogP contribution < -0.4 is 4.74 Å². The zero-order valence-electron chi connectivity index (χ0n) is 16.5. The van der Waals surface area contributed by atoms with Crippen LogP contribution in [-0.2, 0) is 14.8 Å². The maximum Gasteiger partial charge on any atom is 0.337 e. The molecule has 0 unspecified atom stereocenters. The highest BCUT2D eigenvalue weighted by atomic mass is 35.5. The minimum atomic E-state index is -3.95. The Balaban J connectivity index is 1.75. The quantitative estimate of drug-likeness (QED) is 0.646. The second-order valence-electron chi connectivity index (χ2n) is 6.57. The number of hydrogen-bond donors (Lipinski definition) is 0. The van der Waals surface area contributed by atoms with E-state index in [1.165, 1.54) is 36.7 Å². The second-order valence-corrected chi connectivity index (χ2v) is 8.88. The van der Waals surface area contributed by atoms with Gasteiger partial charge in [0, 0.05) is 31.7 Å². The van der Waals surface area contributed by atoms with Crippen LogP contribution in [0.3, 0.4) is 0 Å². The Kier molecular flexibility index (Phi) is 6.64. The molecule has 0 N–H and O–H groups in total. The number of carbonyl (C=O) groups is 2. The zero-order chi connectivity index (χ0) is 21.9. The Hall–Kier alpha value is -2.62. The van der Waals surface area contributed by atoms with E-state index in [1.807, 2.05) is 0 Å². The van der Waals surface area contributed by atoms with Gasteiger partial charge in [0.25, 0.3) is 5.91 Å². The zero-order valence-corrected chi connectivity index (χ0v) is 18.1. The number of hydrogen-bond acceptors (Lipinski definition) is 6. The van der Waals surface area contributed by atoms with Gasteiger partial charge in [-0.25, -0.2) is 13.2 Å². The van der Waals surface area contributed by atoms with Gasteiger partial charge in [-0.3, -0.25) is 4.79 Å². The molecule has 0 atom stereocenters. The summed E-state index contributed by atoms with van der Waals surface area (Å²) >= 11 is 6.10. The van der Waals surface area contributed by atoms with Crippen molar-refractivity contribution in [2.75, 3.05) is 40.4 Å². The first-order valence-electron chi connectivity index (χ1n) is 9.09. The lowest BCUT2D eigenvalue weighted by atomic mass is 10.1. The molecule has 0 saturated carbocycles. The van der Waals surface area contributed by atoms with Crippen LogP contribution in [0.1, 0.15) is 20.7 Å². The van der Waals surface area contributed by atoms with Crippen LogP contribution in [-0.4, -0.2) is 69.9 Å². The van der Waals surface area contributed by atoms with Crippen LogP contribution in [0.5, 0.6) is 5.75 Å². The molecule has 1 aliphatic heterocycles. The predicted molar refractivity (Wildman–Crippen MR) is 110 cm³/mol. The molecule has 1 saturated heterocycles. The van der Waals surface area contributed by atoms with Crippen molar-refractivity contribution in [3.8, 4) is 5.75 Å². The van der Waals surface area contributed by atoms with Gasteiger partial charge in [0.1, 0.15) is 10.6 Å². The van der Waals surface area contributed by atoms with Gasteiger partial charge < -0.3 is 14.4 Å². The molecule has 160 valence electrons. The number of halogens is 1. The minimum absolute atomic E-state index is 0.0116. The number of sulfonamides is 1. The van der Waals surface area contributed by atoms with Gasteiger partial charge in [-0.15, -0.1) is 0 Å². The van der Waals surface area contributed by atoms with Crippen molar-refractivity contribution in [2.45, 2.75) is 4.90 Å². The Morgan fingerprint density at radius 1 is 0.967 bits per heavy atom. The molecule has 0 aromatic heterocycles. The molecule has 1 amide bonds. The van der Waals surface area contributed by atoms with Crippen LogP contribution in [0.25, 0.3) is 0 Å². The van der Waals surface area contributed by atoms with Crippen molar-refractivity contribution >= 4 is 33.5 Å². The highest BCUT2D eigenvalue weighted by Gasteiger charge is 2.32. The van der Waals surface area contributed by atoms with E-state index in [4.69, 9.17) is 16.3 Å². The molecule has 0 bridgehead atoms. The molecule has 0 radical (unpaired) electrons. The minimum Gasteiger partial charge on any atom is -0.497 e. The molecule has 0 aliphatic carbocycles. The lowest BCUT2D eigenvalue weighted by molar-refractivity contribution is 0.0599. The van der Waals surface area contributed by atoms with E-state index < -0.39 is 16.0 Å². The topological polar surface area (TPSA) is 93.2 Å². The van der Waals surface area contributed by atoms with Crippen LogP contribution in [0, 0.1) is 0 Å². The molecule has 1 heterocycles. The summed E-state index contributed by atoms with van der Waals surface area (Å²) in [7, 11) is -1.21. The second kappa shape index (κ2) is 9.03. The molecule has 8 nitrogen and oxygen atoms in total. The molecule has 1 aliphatic rings. The van der Waals surface area contributed by atoms with E-state index in [-0.39, 0.29) is 47.6 Å². The lowest BCUT2D eigenvalue weighted by Crippen LogP contribution is -2.50. The van der Waals surface area contributed by atoms with E-state index in [0.717, 1.165) is 0 Å². The number of benzene rings is 2. The summed E-state index contributed by atoms with van der Waals surface area (Å²) in [5.41, 5.74) is 0.562. The van der Waals surface area contributed by atoms with Gasteiger partial charge in [-0.2, -0.15) is 4.31 Å². The number of piperazine rings is 1. The molecule has 2 aromatic carbocycles. The molecule has 2 aromatic rings. The summed E-state index contributed by atoms with van der Waals surface area (Å²) in [4.78, 5) is 25.9. The molecule has 0 spiro atoms. The first kappa shape index (κ1) is 22.1. The van der Waals surface area contributed by atoms with Crippen molar-refractivity contribution in [2.24, 2.45) is 0 Å². The third-order valence-corrected chi connectivity index (χ3v) is 7.19. The van der Waals surface area contributed by atoms with Crippen LogP contribution in [0.4, 0.5) is 0 Å². The number of ether oxygens (including phenoxy) is 2. The molecule has 3 rings (SSSR count). The largest absolute Gasteiger partial charge is 0.497 e. The predicted octanol–water partition coefficient (Wildman–Crippen LogP) is 2.28. The van der Waals surface area contributed by atoms with Gasteiger partial charge in [0.15, 0.2) is 0 Å². The number of esters is 1. The van der Waals surface area contributed by atoms with Crippen molar-refractivity contribution < 1.29 is 27.5 Å². The van der Waals surface area contributed by atoms with Crippen molar-refractivity contribution in [1.82, 2.24) is 9.21 Å². The Labute approximate surface area is 180 Å². The number of carbonyl (C=O) groups excluding carboxylic acids is 2. The normalized spacial score (nSPS) is 15.0. The standard InChI is InChI=1S/C20H21ClN2O6S/c1-28-16-5-3-4-14(12-16)19(24)22-8-10-23(11-9-22)30(26,27)18-13-15(20(25)29-2)6-7-17(18)21/h3-7,12-13H,8-11H2,1-2H3. The van der Waals surface area contributed by atoms with Gasteiger partial charge in [0.05, 0.1) is 24.8 Å². The Morgan fingerprint density at radius 2 is 1.67 bits per heavy atom. The first-order chi connectivity index (χ1) is 14.3. The molecule has 30 heavy (non-hydrogen) atoms. The average Bonchev–Trinajstić information content (AvgIpc) is 2.78. The lowest BCUT2D eigenvalue weighted by Gasteiger charge is -2.34. The molecule has 1 fully saturated rings. The molecule has 10 heteroatoms. The SMILES string of the molecule is COC(=O)c1ccc(Cl)c(S(=O)(=O)N2CCN(C(=O)c3cccc(OC)c3)CC2)c1. The fourth-order valence-electron chi connectivity index (χ4n) is 3.16. The molecular weight excluding hydrogens is 432 g/mol. The fraction of sp³-hybridized carbons (Fsp3) is 0.300. The third kappa shape index (κ3) is 4.43. The molecular formula is C20H21ClN2O6S. The average molecular weight is 453 g/mol. The summed E-state index contributed by atoms with van der Waals surface area (Å²) in [6.45, 7) is 0.667. The van der Waals surface area contributed by atoms with E-state index >= 15 is 0 Å². The summed E-state index contributed by atoms with van der Waals surface area (Å²) < 4.78 is 37.2. The highest BCUT2D eigenvalue weighted by Crippen LogP contribution is 2.27. The number of methoxy groups -OCH3 is 2. The van der Waals surface area contributed by atoms with E-state index in [0.29, 0.717) is 11.3 Å². The number of nitrogens with zero attached hydrogens (tertiary/aromatic N) is 2. The van der Waals surface area contributed by atoms with Crippen molar-refractivity contribution in [3.05, 3.63) is 58.6 Å². The monoisotopic (exact) mass is 452 g/mol. The van der Waals surface area contributed by atoms with Crippen molar-refractivity contribution in [3.63, 3.8) is 0 Å². The van der Waals surface area contributed by atoms with Gasteiger partial charge in [-0.05, 0) is 36.4 Å². The van der Waals surface area contributed by atoms with E-state index in [1.54, 1.807) is 29.2 Å². The Morgan fingerprint density at radius 3 is 2.30 bits per heavy atom. The van der Waals surface area contributed by atoms with Crippen molar-refractivity contribution in [1.29, 1.82) is 0 Å². The smallest absolute Gasteiger partial charge is 0.337 e. The summed E-state index contributed by atoms with van der Waals surface area (Å²) in [5.74, 6) is -0.282. The summed E-state index contributed by atoms with van der Waals surface area (Å²) in [5, 5.41) is 0.0116.